The largest absolute Gasteiger partial charge is 0.408 e. The van der Waals surface area contributed by atoms with Crippen molar-refractivity contribution in [2.24, 2.45) is 0 Å². The molecular weight excluding hydrogens is 173 g/mol. The van der Waals surface area contributed by atoms with Gasteiger partial charge in [0.15, 0.2) is 0 Å². The fourth-order valence-corrected chi connectivity index (χ4v) is 0.630. The molecule has 1 rings (SSSR count). The van der Waals surface area contributed by atoms with Crippen LogP contribution in [-0.2, 0) is 6.54 Å². The van der Waals surface area contributed by atoms with Crippen molar-refractivity contribution < 1.29 is 13.2 Å². The maximum Gasteiger partial charge on any atom is 0.408 e. The maximum atomic E-state index is 11.7. The Morgan fingerprint density at radius 2 is 2.25 bits per heavy atom. The summed E-state index contributed by atoms with van der Waals surface area (Å²) in [6.45, 7) is -1.37. The van der Waals surface area contributed by atoms with Crippen LogP contribution in [-0.4, -0.2) is 16.0 Å². The molecular formula is C6H4F3N2O. The Labute approximate surface area is 65.4 Å². The molecule has 12 heavy (non-hydrogen) atoms. The van der Waals surface area contributed by atoms with Crippen molar-refractivity contribution in [2.45, 2.75) is 12.7 Å². The Kier molecular flexibility index (Phi) is 2.16. The van der Waals surface area contributed by atoms with Crippen molar-refractivity contribution in [1.82, 2.24) is 9.78 Å². The molecule has 0 saturated carbocycles. The van der Waals surface area contributed by atoms with Gasteiger partial charge in [-0.25, -0.2) is 4.68 Å². The number of hydrogen-bond acceptors (Lipinski definition) is 2. The Hall–Kier alpha value is -1.33. The Morgan fingerprint density at radius 3 is 2.75 bits per heavy atom. The van der Waals surface area contributed by atoms with Crippen LogP contribution in [0.3, 0.4) is 0 Å². The van der Waals surface area contributed by atoms with Gasteiger partial charge in [0, 0.05) is 6.07 Å². The van der Waals surface area contributed by atoms with Crippen LogP contribution >= 0.6 is 0 Å². The van der Waals surface area contributed by atoms with Crippen LogP contribution in [0.2, 0.25) is 0 Å². The summed E-state index contributed by atoms with van der Waals surface area (Å²) in [7, 11) is 0. The smallest absolute Gasteiger partial charge is 0.268 e. The molecule has 1 heterocycles. The van der Waals surface area contributed by atoms with E-state index in [-0.39, 0.29) is 0 Å². The van der Waals surface area contributed by atoms with Crippen LogP contribution in [0.4, 0.5) is 13.2 Å². The molecule has 1 radical (unpaired) electrons. The van der Waals surface area contributed by atoms with E-state index < -0.39 is 18.3 Å². The van der Waals surface area contributed by atoms with Crippen molar-refractivity contribution in [1.29, 1.82) is 0 Å². The summed E-state index contributed by atoms with van der Waals surface area (Å²) in [5.74, 6) is 0. The van der Waals surface area contributed by atoms with Crippen LogP contribution in [0.5, 0.6) is 0 Å². The highest BCUT2D eigenvalue weighted by atomic mass is 19.4. The quantitative estimate of drug-likeness (QED) is 0.629. The minimum absolute atomic E-state index is 0.306. The minimum atomic E-state index is -4.42. The molecule has 0 N–H and O–H groups in total. The molecule has 0 aliphatic carbocycles. The van der Waals surface area contributed by atoms with Crippen molar-refractivity contribution >= 4 is 0 Å². The van der Waals surface area contributed by atoms with Crippen LogP contribution in [0, 0.1) is 6.20 Å². The van der Waals surface area contributed by atoms with Crippen LogP contribution < -0.4 is 5.56 Å². The first-order chi connectivity index (χ1) is 5.49. The van der Waals surface area contributed by atoms with Gasteiger partial charge in [0.1, 0.15) is 12.7 Å². The average Bonchev–Trinajstić information content (AvgIpc) is 1.91. The van der Waals surface area contributed by atoms with Crippen molar-refractivity contribution in [3.05, 3.63) is 28.7 Å². The number of rotatable bonds is 1. The van der Waals surface area contributed by atoms with Gasteiger partial charge in [-0.15, -0.1) is 0 Å². The minimum Gasteiger partial charge on any atom is -0.268 e. The summed E-state index contributed by atoms with van der Waals surface area (Å²) in [6.07, 6.45) is -2.29. The van der Waals surface area contributed by atoms with Gasteiger partial charge in [0.2, 0.25) is 0 Å². The van der Waals surface area contributed by atoms with E-state index in [1.54, 1.807) is 0 Å². The maximum absolute atomic E-state index is 11.7. The molecule has 3 nitrogen and oxygen atoms in total. The molecule has 0 saturated heterocycles. The molecule has 65 valence electrons. The molecule has 1 aromatic rings. The second kappa shape index (κ2) is 2.96. The molecule has 0 aliphatic heterocycles. The van der Waals surface area contributed by atoms with Crippen molar-refractivity contribution in [2.75, 3.05) is 0 Å². The lowest BCUT2D eigenvalue weighted by atomic mass is 10.5. The normalized spacial score (nSPS) is 11.6. The molecule has 0 amide bonds. The van der Waals surface area contributed by atoms with Gasteiger partial charge in [-0.3, -0.25) is 4.79 Å². The highest BCUT2D eigenvalue weighted by molar-refractivity contribution is 4.83. The van der Waals surface area contributed by atoms with Gasteiger partial charge in [-0.05, 0) is 6.07 Å². The van der Waals surface area contributed by atoms with Gasteiger partial charge >= 0.3 is 6.18 Å². The lowest BCUT2D eigenvalue weighted by Gasteiger charge is -2.05. The number of alkyl halides is 3. The summed E-state index contributed by atoms with van der Waals surface area (Å²) in [6, 6.07) is 2.13. The molecule has 0 aliphatic rings. The van der Waals surface area contributed by atoms with Crippen LogP contribution in [0.15, 0.2) is 16.9 Å². The van der Waals surface area contributed by atoms with E-state index in [9.17, 15) is 18.0 Å². The molecule has 0 unspecified atom stereocenters. The molecule has 0 fully saturated rings. The van der Waals surface area contributed by atoms with Gasteiger partial charge < -0.3 is 0 Å². The fourth-order valence-electron chi connectivity index (χ4n) is 0.630. The zero-order valence-corrected chi connectivity index (χ0v) is 5.80. The molecule has 1 aromatic heterocycles. The Morgan fingerprint density at radius 1 is 1.58 bits per heavy atom. The third kappa shape index (κ3) is 2.37. The number of nitrogens with zero attached hydrogens (tertiary/aromatic N) is 2. The zero-order chi connectivity index (χ0) is 9.19. The Bertz CT molecular complexity index is 317. The number of aromatic nitrogens is 2. The van der Waals surface area contributed by atoms with Crippen LogP contribution in [0.1, 0.15) is 0 Å². The third-order valence-corrected chi connectivity index (χ3v) is 1.06. The molecule has 6 heteroatoms. The molecule has 0 aromatic carbocycles. The number of halogens is 3. The summed E-state index contributed by atoms with van der Waals surface area (Å²) in [4.78, 5) is 10.7. The van der Waals surface area contributed by atoms with E-state index >= 15 is 0 Å². The third-order valence-electron chi connectivity index (χ3n) is 1.06. The van der Waals surface area contributed by atoms with Gasteiger partial charge in [0.25, 0.3) is 5.56 Å². The standard InChI is InChI=1S/C6H4F3N2O/c7-6(8,9)4-11-5(12)2-1-3-10-11/h1-2H,4H2. The van der Waals surface area contributed by atoms with Gasteiger partial charge in [-0.2, -0.15) is 18.3 Å². The van der Waals surface area contributed by atoms with E-state index in [1.165, 1.54) is 0 Å². The zero-order valence-electron chi connectivity index (χ0n) is 5.80. The van der Waals surface area contributed by atoms with Crippen molar-refractivity contribution in [3.8, 4) is 0 Å². The topological polar surface area (TPSA) is 34.9 Å². The Balaban J connectivity index is 2.91. The second-order valence-electron chi connectivity index (χ2n) is 2.07. The average molecular weight is 177 g/mol. The summed E-state index contributed by atoms with van der Waals surface area (Å²) in [5.41, 5.74) is -0.786. The highest BCUT2D eigenvalue weighted by Crippen LogP contribution is 2.15. The SMILES string of the molecule is O=c1cc[c]nn1CC(F)(F)F. The monoisotopic (exact) mass is 177 g/mol. The van der Waals surface area contributed by atoms with Crippen LogP contribution in [0.25, 0.3) is 0 Å². The van der Waals surface area contributed by atoms with E-state index in [0.717, 1.165) is 12.1 Å². The lowest BCUT2D eigenvalue weighted by molar-refractivity contribution is -0.143. The number of hydrogen-bond donors (Lipinski definition) is 0. The van der Waals surface area contributed by atoms with Gasteiger partial charge in [0.05, 0.1) is 0 Å². The van der Waals surface area contributed by atoms with E-state index in [1.807, 2.05) is 0 Å². The summed E-state index contributed by atoms with van der Waals surface area (Å²) in [5, 5.41) is 3.12. The fraction of sp³-hybridized carbons (Fsp3) is 0.333. The summed E-state index contributed by atoms with van der Waals surface area (Å²) >= 11 is 0. The molecule has 0 bridgehead atoms. The van der Waals surface area contributed by atoms with Gasteiger partial charge in [-0.1, -0.05) is 0 Å². The molecule has 0 spiro atoms. The predicted octanol–water partition coefficient (Wildman–Crippen LogP) is 0.606. The van der Waals surface area contributed by atoms with E-state index in [2.05, 4.69) is 11.3 Å². The molecule has 0 atom stereocenters. The van der Waals surface area contributed by atoms with Crippen molar-refractivity contribution in [3.63, 3.8) is 0 Å². The lowest BCUT2D eigenvalue weighted by Crippen LogP contribution is -2.29. The first-order valence-corrected chi connectivity index (χ1v) is 3.00. The first kappa shape index (κ1) is 8.76. The second-order valence-corrected chi connectivity index (χ2v) is 2.07. The highest BCUT2D eigenvalue weighted by Gasteiger charge is 2.28. The van der Waals surface area contributed by atoms with E-state index in [4.69, 9.17) is 0 Å². The first-order valence-electron chi connectivity index (χ1n) is 3.00. The summed E-state index contributed by atoms with van der Waals surface area (Å²) < 4.78 is 35.4. The predicted molar refractivity (Wildman–Crippen MR) is 33.4 cm³/mol. The van der Waals surface area contributed by atoms with E-state index in [0.29, 0.717) is 4.68 Å².